The number of hydrogen-bond donors (Lipinski definition) is 1. The lowest BCUT2D eigenvalue weighted by Gasteiger charge is -2.13. The molecular formula is C14H17NO6. The van der Waals surface area contributed by atoms with E-state index in [4.69, 9.17) is 9.47 Å². The van der Waals surface area contributed by atoms with E-state index >= 15 is 0 Å². The molecule has 0 aliphatic heterocycles. The molecule has 114 valence electrons. The van der Waals surface area contributed by atoms with Gasteiger partial charge in [-0.15, -0.1) is 0 Å². The first kappa shape index (κ1) is 16.5. The van der Waals surface area contributed by atoms with Crippen LogP contribution in [0.3, 0.4) is 0 Å². The summed E-state index contributed by atoms with van der Waals surface area (Å²) in [4.78, 5) is 34.4. The molecular weight excluding hydrogens is 278 g/mol. The Morgan fingerprint density at radius 3 is 2.43 bits per heavy atom. The molecule has 1 rings (SSSR count). The van der Waals surface area contributed by atoms with Gasteiger partial charge in [-0.3, -0.25) is 10.1 Å². The monoisotopic (exact) mass is 295 g/mol. The normalized spacial score (nSPS) is 11.2. The number of carbonyl (C=O) groups is 3. The van der Waals surface area contributed by atoms with Crippen LogP contribution in [0.15, 0.2) is 18.2 Å². The highest BCUT2D eigenvalue weighted by Crippen LogP contribution is 2.19. The Labute approximate surface area is 122 Å². The first-order valence-corrected chi connectivity index (χ1v) is 6.13. The summed E-state index contributed by atoms with van der Waals surface area (Å²) in [5, 5.41) is 1.92. The van der Waals surface area contributed by atoms with Crippen LogP contribution in [0.25, 0.3) is 0 Å². The first-order valence-electron chi connectivity index (χ1n) is 6.13. The molecule has 21 heavy (non-hydrogen) atoms. The third-order valence-electron chi connectivity index (χ3n) is 2.71. The van der Waals surface area contributed by atoms with Crippen molar-refractivity contribution in [1.82, 2.24) is 5.32 Å². The van der Waals surface area contributed by atoms with Crippen molar-refractivity contribution in [2.45, 2.75) is 20.0 Å². The van der Waals surface area contributed by atoms with Gasteiger partial charge in [0, 0.05) is 0 Å². The summed E-state index contributed by atoms with van der Waals surface area (Å²) < 4.78 is 14.4. The van der Waals surface area contributed by atoms with Gasteiger partial charge >= 0.3 is 12.1 Å². The van der Waals surface area contributed by atoms with Crippen LogP contribution in [0, 0.1) is 6.92 Å². The van der Waals surface area contributed by atoms with Crippen molar-refractivity contribution < 1.29 is 28.6 Å². The number of imide groups is 1. The number of methoxy groups -OCH3 is 2. The summed E-state index contributed by atoms with van der Waals surface area (Å²) >= 11 is 0. The molecule has 0 saturated carbocycles. The number of hydrogen-bond acceptors (Lipinski definition) is 6. The van der Waals surface area contributed by atoms with Gasteiger partial charge in [0.15, 0.2) is 6.10 Å². The molecule has 0 bridgehead atoms. The second-order valence-electron chi connectivity index (χ2n) is 4.21. The molecule has 0 heterocycles. The van der Waals surface area contributed by atoms with E-state index in [0.29, 0.717) is 5.75 Å². The van der Waals surface area contributed by atoms with Crippen LogP contribution in [0.2, 0.25) is 0 Å². The van der Waals surface area contributed by atoms with Gasteiger partial charge in [0.2, 0.25) is 0 Å². The van der Waals surface area contributed by atoms with Gasteiger partial charge in [-0.1, -0.05) is 6.07 Å². The zero-order valence-electron chi connectivity index (χ0n) is 12.3. The van der Waals surface area contributed by atoms with Crippen molar-refractivity contribution in [3.05, 3.63) is 29.3 Å². The lowest BCUT2D eigenvalue weighted by atomic mass is 10.1. The molecule has 0 aromatic heterocycles. The predicted molar refractivity (Wildman–Crippen MR) is 73.2 cm³/mol. The molecule has 0 fully saturated rings. The number of aryl methyl sites for hydroxylation is 1. The van der Waals surface area contributed by atoms with Crippen molar-refractivity contribution in [3.63, 3.8) is 0 Å². The Kier molecular flexibility index (Phi) is 5.71. The Morgan fingerprint density at radius 1 is 1.19 bits per heavy atom. The van der Waals surface area contributed by atoms with Crippen LogP contribution < -0.4 is 10.1 Å². The fourth-order valence-corrected chi connectivity index (χ4v) is 1.48. The Hall–Kier alpha value is -2.57. The lowest BCUT2D eigenvalue weighted by molar-refractivity contribution is -0.128. The van der Waals surface area contributed by atoms with Crippen LogP contribution in [0.1, 0.15) is 22.8 Å². The maximum absolute atomic E-state index is 11.9. The molecule has 1 aromatic carbocycles. The summed E-state index contributed by atoms with van der Waals surface area (Å²) in [6.45, 7) is 3.18. The van der Waals surface area contributed by atoms with Crippen LogP contribution in [-0.4, -0.2) is 38.3 Å². The van der Waals surface area contributed by atoms with Gasteiger partial charge in [0.05, 0.1) is 19.8 Å². The largest absolute Gasteiger partial charge is 0.496 e. The molecule has 7 heteroatoms. The maximum atomic E-state index is 11.9. The average Bonchev–Trinajstić information content (AvgIpc) is 2.47. The molecule has 0 aliphatic carbocycles. The lowest BCUT2D eigenvalue weighted by Crippen LogP contribution is -2.39. The van der Waals surface area contributed by atoms with Crippen molar-refractivity contribution in [1.29, 1.82) is 0 Å². The summed E-state index contributed by atoms with van der Waals surface area (Å²) in [6, 6.07) is 4.78. The maximum Gasteiger partial charge on any atom is 0.413 e. The van der Waals surface area contributed by atoms with Gasteiger partial charge in [0.1, 0.15) is 5.75 Å². The molecule has 0 unspecified atom stereocenters. The highest BCUT2D eigenvalue weighted by atomic mass is 16.6. The second-order valence-corrected chi connectivity index (χ2v) is 4.21. The SMILES string of the molecule is COC(=O)NC(=O)[C@H](C)OC(=O)c1ccc(C)c(OC)c1. The molecule has 1 aromatic rings. The molecule has 0 spiro atoms. The summed E-state index contributed by atoms with van der Waals surface area (Å²) in [5.41, 5.74) is 1.11. The standard InChI is InChI=1S/C14H17NO6/c1-8-5-6-10(7-11(8)19-3)13(17)21-9(2)12(16)15-14(18)20-4/h5-7,9H,1-4H3,(H,15,16,18)/t9-/m0/s1. The van der Waals surface area contributed by atoms with E-state index < -0.39 is 24.1 Å². The minimum absolute atomic E-state index is 0.246. The van der Waals surface area contributed by atoms with E-state index in [9.17, 15) is 14.4 Å². The van der Waals surface area contributed by atoms with Crippen molar-refractivity contribution in [2.75, 3.05) is 14.2 Å². The van der Waals surface area contributed by atoms with E-state index in [2.05, 4.69) is 4.74 Å². The highest BCUT2D eigenvalue weighted by molar-refractivity contribution is 5.97. The minimum Gasteiger partial charge on any atom is -0.496 e. The third-order valence-corrected chi connectivity index (χ3v) is 2.71. The van der Waals surface area contributed by atoms with Crippen LogP contribution in [-0.2, 0) is 14.3 Å². The van der Waals surface area contributed by atoms with E-state index in [1.165, 1.54) is 20.1 Å². The molecule has 1 atom stereocenters. The van der Waals surface area contributed by atoms with E-state index in [1.807, 2.05) is 12.2 Å². The number of carbonyl (C=O) groups excluding carboxylic acids is 3. The zero-order valence-corrected chi connectivity index (χ0v) is 12.3. The van der Waals surface area contributed by atoms with Crippen molar-refractivity contribution in [3.8, 4) is 5.75 Å². The third kappa shape index (κ3) is 4.48. The quantitative estimate of drug-likeness (QED) is 0.845. The van der Waals surface area contributed by atoms with E-state index in [0.717, 1.165) is 12.7 Å². The fraction of sp³-hybridized carbons (Fsp3) is 0.357. The van der Waals surface area contributed by atoms with Crippen LogP contribution in [0.5, 0.6) is 5.75 Å². The Balaban J connectivity index is 2.72. The summed E-state index contributed by atoms with van der Waals surface area (Å²) in [7, 11) is 2.61. The van der Waals surface area contributed by atoms with Crippen molar-refractivity contribution >= 4 is 18.0 Å². The number of ether oxygens (including phenoxy) is 3. The van der Waals surface area contributed by atoms with Crippen LogP contribution in [0.4, 0.5) is 4.79 Å². The number of benzene rings is 1. The number of alkyl carbamates (subject to hydrolysis) is 1. The van der Waals surface area contributed by atoms with Gasteiger partial charge < -0.3 is 14.2 Å². The Bertz CT molecular complexity index is 554. The summed E-state index contributed by atoms with van der Waals surface area (Å²) in [6.07, 6.45) is -2.05. The smallest absolute Gasteiger partial charge is 0.413 e. The minimum atomic E-state index is -1.14. The topological polar surface area (TPSA) is 90.9 Å². The number of nitrogens with one attached hydrogen (secondary N) is 1. The molecule has 7 nitrogen and oxygen atoms in total. The first-order chi connectivity index (χ1) is 9.88. The molecule has 0 aliphatic rings. The molecule has 2 amide bonds. The van der Waals surface area contributed by atoms with Gasteiger partial charge in [0.25, 0.3) is 5.91 Å². The van der Waals surface area contributed by atoms with E-state index in [1.54, 1.807) is 12.1 Å². The summed E-state index contributed by atoms with van der Waals surface area (Å²) in [5.74, 6) is -0.925. The Morgan fingerprint density at radius 2 is 1.86 bits per heavy atom. The van der Waals surface area contributed by atoms with Gasteiger partial charge in [-0.05, 0) is 31.5 Å². The second kappa shape index (κ2) is 7.28. The fourth-order valence-electron chi connectivity index (χ4n) is 1.48. The van der Waals surface area contributed by atoms with Crippen LogP contribution >= 0.6 is 0 Å². The molecule has 0 radical (unpaired) electrons. The molecule has 1 N–H and O–H groups in total. The van der Waals surface area contributed by atoms with Gasteiger partial charge in [-0.2, -0.15) is 0 Å². The zero-order chi connectivity index (χ0) is 16.0. The average molecular weight is 295 g/mol. The van der Waals surface area contributed by atoms with Crippen molar-refractivity contribution in [2.24, 2.45) is 0 Å². The van der Waals surface area contributed by atoms with E-state index in [-0.39, 0.29) is 5.56 Å². The van der Waals surface area contributed by atoms with Gasteiger partial charge in [-0.25, -0.2) is 9.59 Å². The number of amides is 2. The number of rotatable bonds is 4. The number of esters is 1. The predicted octanol–water partition coefficient (Wildman–Crippen LogP) is 1.43. The molecule has 0 saturated heterocycles. The highest BCUT2D eigenvalue weighted by Gasteiger charge is 2.21.